The van der Waals surface area contributed by atoms with Crippen molar-refractivity contribution in [3.63, 3.8) is 0 Å². The fourth-order valence-electron chi connectivity index (χ4n) is 1.69. The lowest BCUT2D eigenvalue weighted by Crippen LogP contribution is -2.63. The molecule has 82 valence electrons. The van der Waals surface area contributed by atoms with Gasteiger partial charge in [0.05, 0.1) is 6.61 Å². The summed E-state index contributed by atoms with van der Waals surface area (Å²) in [6, 6.07) is 0. The molecule has 1 rings (SSSR count). The SMILES string of the molecule is CC(C)(C)C1(C(=O)O)COCCCN1. The van der Waals surface area contributed by atoms with Gasteiger partial charge in [-0.15, -0.1) is 0 Å². The lowest BCUT2D eigenvalue weighted by molar-refractivity contribution is -0.153. The molecule has 0 aromatic rings. The summed E-state index contributed by atoms with van der Waals surface area (Å²) in [7, 11) is 0. The van der Waals surface area contributed by atoms with Gasteiger partial charge in [-0.25, -0.2) is 0 Å². The zero-order valence-electron chi connectivity index (χ0n) is 9.09. The van der Waals surface area contributed by atoms with Crippen LogP contribution in [-0.2, 0) is 9.53 Å². The summed E-state index contributed by atoms with van der Waals surface area (Å²) < 4.78 is 5.35. The molecular weight excluding hydrogens is 182 g/mol. The number of aliphatic carboxylic acids is 1. The van der Waals surface area contributed by atoms with Gasteiger partial charge in [0, 0.05) is 6.61 Å². The minimum atomic E-state index is -0.955. The molecule has 1 fully saturated rings. The number of carboxylic acid groups (broad SMARTS) is 1. The number of carbonyl (C=O) groups is 1. The molecule has 1 unspecified atom stereocenters. The van der Waals surface area contributed by atoms with Crippen LogP contribution in [0.15, 0.2) is 0 Å². The van der Waals surface area contributed by atoms with Crippen molar-refractivity contribution >= 4 is 5.97 Å². The quantitative estimate of drug-likeness (QED) is 0.661. The van der Waals surface area contributed by atoms with E-state index in [-0.39, 0.29) is 12.0 Å². The maximum Gasteiger partial charge on any atom is 0.326 e. The van der Waals surface area contributed by atoms with Gasteiger partial charge >= 0.3 is 5.97 Å². The number of rotatable bonds is 1. The van der Waals surface area contributed by atoms with Crippen LogP contribution in [0.5, 0.6) is 0 Å². The van der Waals surface area contributed by atoms with Gasteiger partial charge in [-0.2, -0.15) is 0 Å². The average Bonchev–Trinajstić information content (AvgIpc) is 2.26. The first-order valence-corrected chi connectivity index (χ1v) is 4.96. The molecule has 0 radical (unpaired) electrons. The first-order valence-electron chi connectivity index (χ1n) is 4.96. The first kappa shape index (κ1) is 11.5. The number of hydrogen-bond donors (Lipinski definition) is 2. The lowest BCUT2D eigenvalue weighted by atomic mass is 9.74. The maximum absolute atomic E-state index is 11.3. The van der Waals surface area contributed by atoms with Gasteiger partial charge < -0.3 is 9.84 Å². The molecule has 0 aromatic heterocycles. The van der Waals surface area contributed by atoms with Crippen molar-refractivity contribution in [2.24, 2.45) is 5.41 Å². The predicted molar refractivity (Wildman–Crippen MR) is 53.3 cm³/mol. The minimum Gasteiger partial charge on any atom is -0.480 e. The molecule has 0 aromatic carbocycles. The van der Waals surface area contributed by atoms with Crippen LogP contribution in [0.25, 0.3) is 0 Å². The highest BCUT2D eigenvalue weighted by Crippen LogP contribution is 2.32. The van der Waals surface area contributed by atoms with E-state index in [1.54, 1.807) is 0 Å². The van der Waals surface area contributed by atoms with E-state index in [4.69, 9.17) is 4.74 Å². The third kappa shape index (κ3) is 1.91. The molecule has 14 heavy (non-hydrogen) atoms. The standard InChI is InChI=1S/C10H19NO3/c1-9(2,3)10(8(12)13)7-14-6-4-5-11-10/h11H,4-7H2,1-3H3,(H,12,13). The van der Waals surface area contributed by atoms with E-state index in [0.717, 1.165) is 6.42 Å². The molecule has 0 aliphatic carbocycles. The van der Waals surface area contributed by atoms with E-state index >= 15 is 0 Å². The summed E-state index contributed by atoms with van der Waals surface area (Å²) >= 11 is 0. The number of ether oxygens (including phenoxy) is 1. The van der Waals surface area contributed by atoms with Crippen molar-refractivity contribution in [2.45, 2.75) is 32.7 Å². The Bertz CT molecular complexity index is 212. The van der Waals surface area contributed by atoms with Crippen molar-refractivity contribution < 1.29 is 14.6 Å². The molecule has 1 aliphatic rings. The summed E-state index contributed by atoms with van der Waals surface area (Å²) in [6.45, 7) is 7.34. The van der Waals surface area contributed by atoms with Gasteiger partial charge in [0.15, 0.2) is 0 Å². The van der Waals surface area contributed by atoms with Gasteiger partial charge in [-0.1, -0.05) is 20.8 Å². The predicted octanol–water partition coefficient (Wildman–Crippen LogP) is 0.866. The van der Waals surface area contributed by atoms with Gasteiger partial charge in [0.25, 0.3) is 0 Å². The summed E-state index contributed by atoms with van der Waals surface area (Å²) in [4.78, 5) is 11.3. The highest BCUT2D eigenvalue weighted by Gasteiger charge is 2.49. The van der Waals surface area contributed by atoms with Crippen LogP contribution in [0, 0.1) is 5.41 Å². The summed E-state index contributed by atoms with van der Waals surface area (Å²) in [5, 5.41) is 12.4. The van der Waals surface area contributed by atoms with Crippen molar-refractivity contribution in [3.8, 4) is 0 Å². The lowest BCUT2D eigenvalue weighted by Gasteiger charge is -2.40. The Hall–Kier alpha value is -0.610. The number of carboxylic acids is 1. The molecule has 2 N–H and O–H groups in total. The van der Waals surface area contributed by atoms with E-state index in [1.165, 1.54) is 0 Å². The molecule has 1 aliphatic heterocycles. The molecule has 4 heteroatoms. The summed E-state index contributed by atoms with van der Waals surface area (Å²) in [5.74, 6) is -0.827. The number of nitrogens with one attached hydrogen (secondary N) is 1. The Morgan fingerprint density at radius 3 is 2.64 bits per heavy atom. The van der Waals surface area contributed by atoms with E-state index < -0.39 is 11.5 Å². The average molecular weight is 201 g/mol. The summed E-state index contributed by atoms with van der Waals surface area (Å²) in [5.41, 5.74) is -1.31. The highest BCUT2D eigenvalue weighted by atomic mass is 16.5. The second kappa shape index (κ2) is 3.87. The smallest absolute Gasteiger partial charge is 0.326 e. The molecule has 0 amide bonds. The van der Waals surface area contributed by atoms with E-state index in [1.807, 2.05) is 20.8 Å². The molecule has 1 heterocycles. The molecule has 0 saturated carbocycles. The molecule has 1 atom stereocenters. The molecule has 1 saturated heterocycles. The van der Waals surface area contributed by atoms with Crippen molar-refractivity contribution in [3.05, 3.63) is 0 Å². The Morgan fingerprint density at radius 2 is 2.14 bits per heavy atom. The Labute approximate surface area is 84.6 Å². The molecule has 4 nitrogen and oxygen atoms in total. The molecule has 0 bridgehead atoms. The van der Waals surface area contributed by atoms with E-state index in [9.17, 15) is 9.90 Å². The highest BCUT2D eigenvalue weighted by molar-refractivity contribution is 5.80. The Morgan fingerprint density at radius 1 is 1.50 bits per heavy atom. The van der Waals surface area contributed by atoms with Gasteiger partial charge in [0.2, 0.25) is 0 Å². The van der Waals surface area contributed by atoms with Gasteiger partial charge in [0.1, 0.15) is 5.54 Å². The Kier molecular flexibility index (Phi) is 3.17. The minimum absolute atomic E-state index is 0.242. The van der Waals surface area contributed by atoms with Crippen LogP contribution in [0.2, 0.25) is 0 Å². The van der Waals surface area contributed by atoms with E-state index in [2.05, 4.69) is 5.32 Å². The van der Waals surface area contributed by atoms with Crippen LogP contribution in [0.1, 0.15) is 27.2 Å². The topological polar surface area (TPSA) is 58.6 Å². The second-order valence-electron chi connectivity index (χ2n) is 4.79. The zero-order valence-corrected chi connectivity index (χ0v) is 9.09. The van der Waals surface area contributed by atoms with Crippen molar-refractivity contribution in [1.29, 1.82) is 0 Å². The third-order valence-corrected chi connectivity index (χ3v) is 2.86. The fraction of sp³-hybridized carbons (Fsp3) is 0.900. The monoisotopic (exact) mass is 201 g/mol. The van der Waals surface area contributed by atoms with Crippen LogP contribution >= 0.6 is 0 Å². The normalized spacial score (nSPS) is 29.6. The largest absolute Gasteiger partial charge is 0.480 e. The summed E-state index contributed by atoms with van der Waals surface area (Å²) in [6.07, 6.45) is 0.866. The third-order valence-electron chi connectivity index (χ3n) is 2.86. The van der Waals surface area contributed by atoms with Crippen LogP contribution in [0.4, 0.5) is 0 Å². The van der Waals surface area contributed by atoms with Crippen LogP contribution in [-0.4, -0.2) is 36.4 Å². The maximum atomic E-state index is 11.3. The first-order chi connectivity index (χ1) is 6.40. The van der Waals surface area contributed by atoms with Crippen LogP contribution < -0.4 is 5.32 Å². The molecule has 0 spiro atoms. The zero-order chi connectivity index (χ0) is 10.8. The van der Waals surface area contributed by atoms with Crippen molar-refractivity contribution in [2.75, 3.05) is 19.8 Å². The van der Waals surface area contributed by atoms with Gasteiger partial charge in [-0.05, 0) is 18.4 Å². The number of hydrogen-bond acceptors (Lipinski definition) is 3. The van der Waals surface area contributed by atoms with Crippen LogP contribution in [0.3, 0.4) is 0 Å². The fourth-order valence-corrected chi connectivity index (χ4v) is 1.69. The van der Waals surface area contributed by atoms with E-state index in [0.29, 0.717) is 13.2 Å². The Balaban J connectivity index is 2.95. The van der Waals surface area contributed by atoms with Crippen molar-refractivity contribution in [1.82, 2.24) is 5.32 Å². The van der Waals surface area contributed by atoms with Gasteiger partial charge in [-0.3, -0.25) is 10.1 Å². The second-order valence-corrected chi connectivity index (χ2v) is 4.79. The molecular formula is C10H19NO3.